The topological polar surface area (TPSA) is 99.1 Å². The van der Waals surface area contributed by atoms with E-state index in [0.29, 0.717) is 34.5 Å². The van der Waals surface area contributed by atoms with Crippen LogP contribution in [0, 0.1) is 5.82 Å². The van der Waals surface area contributed by atoms with Gasteiger partial charge in [-0.3, -0.25) is 14.5 Å². The summed E-state index contributed by atoms with van der Waals surface area (Å²) in [6, 6.07) is 18.6. The molecular weight excluding hydrogens is 505 g/mol. The predicted molar refractivity (Wildman–Crippen MR) is 138 cm³/mol. The summed E-state index contributed by atoms with van der Waals surface area (Å²) in [6.45, 7) is 0.346. The Balaban J connectivity index is 1.52. The van der Waals surface area contributed by atoms with Crippen molar-refractivity contribution < 1.29 is 23.9 Å². The first kappa shape index (κ1) is 25.4. The lowest BCUT2D eigenvalue weighted by atomic mass is 10.1. The van der Waals surface area contributed by atoms with Gasteiger partial charge in [-0.15, -0.1) is 0 Å². The van der Waals surface area contributed by atoms with Crippen LogP contribution in [0.4, 0.5) is 15.8 Å². The van der Waals surface area contributed by atoms with Gasteiger partial charge in [0.25, 0.3) is 0 Å². The molecule has 1 aliphatic rings. The average molecular weight is 526 g/mol. The number of carbonyl (C=O) groups excluding carboxylic acids is 2. The summed E-state index contributed by atoms with van der Waals surface area (Å²) < 4.78 is 13.4. The quantitative estimate of drug-likeness (QED) is 0.431. The molecule has 1 aliphatic heterocycles. The Morgan fingerprint density at radius 3 is 2.36 bits per heavy atom. The van der Waals surface area contributed by atoms with Crippen LogP contribution in [0.1, 0.15) is 22.3 Å². The molecule has 0 aromatic heterocycles. The number of amides is 2. The summed E-state index contributed by atoms with van der Waals surface area (Å²) in [6.07, 6.45) is 0.519. The minimum absolute atomic E-state index is 0.0350. The minimum atomic E-state index is -1.07. The van der Waals surface area contributed by atoms with Crippen LogP contribution in [0.2, 0.25) is 5.02 Å². The highest BCUT2D eigenvalue weighted by molar-refractivity contribution is 8.15. The van der Waals surface area contributed by atoms with E-state index < -0.39 is 22.9 Å². The molecule has 0 saturated carbocycles. The third-order valence-corrected chi connectivity index (χ3v) is 6.86. The second-order valence-electron chi connectivity index (χ2n) is 7.98. The molecule has 1 atom stereocenters. The molecule has 0 bridgehead atoms. The number of carbonyl (C=O) groups is 3. The van der Waals surface area contributed by atoms with Gasteiger partial charge in [-0.05, 0) is 72.6 Å². The van der Waals surface area contributed by atoms with Crippen molar-refractivity contribution in [3.63, 3.8) is 0 Å². The maximum absolute atomic E-state index is 13.4. The standard InChI is InChI=1S/C26H21ClFN3O4S/c27-18-5-1-16(2-6-18)13-14-31-23(32)15-22(36-26(31)30-21-11-7-19(28)8-12-21)24(33)29-20-9-3-17(4-10-20)25(34)35/h1-12,22H,13-15H2,(H,29,33)(H,34,35). The second-order valence-corrected chi connectivity index (χ2v) is 9.58. The molecule has 4 rings (SSSR count). The largest absolute Gasteiger partial charge is 0.478 e. The summed E-state index contributed by atoms with van der Waals surface area (Å²) in [4.78, 5) is 43.2. The second kappa shape index (κ2) is 11.4. The molecule has 1 heterocycles. The van der Waals surface area contributed by atoms with Gasteiger partial charge in [0, 0.05) is 23.7 Å². The molecule has 10 heteroatoms. The molecule has 184 valence electrons. The number of hydrogen-bond donors (Lipinski definition) is 2. The number of carboxylic acids is 1. The van der Waals surface area contributed by atoms with Gasteiger partial charge in [0.05, 0.1) is 11.3 Å². The maximum atomic E-state index is 13.4. The number of thioether (sulfide) groups is 1. The molecule has 2 amide bonds. The highest BCUT2D eigenvalue weighted by Crippen LogP contribution is 2.30. The van der Waals surface area contributed by atoms with Crippen LogP contribution in [0.15, 0.2) is 77.8 Å². The number of anilines is 1. The zero-order chi connectivity index (χ0) is 25.7. The molecule has 0 spiro atoms. The SMILES string of the molecule is O=C(O)c1ccc(NC(=O)C2CC(=O)N(CCc3ccc(Cl)cc3)C(=Nc3ccc(F)cc3)S2)cc1. The number of nitrogens with one attached hydrogen (secondary N) is 1. The molecule has 0 radical (unpaired) electrons. The van der Waals surface area contributed by atoms with E-state index in [1.165, 1.54) is 53.4 Å². The zero-order valence-corrected chi connectivity index (χ0v) is 20.4. The van der Waals surface area contributed by atoms with Crippen LogP contribution in [-0.2, 0) is 16.0 Å². The maximum Gasteiger partial charge on any atom is 0.335 e. The summed E-state index contributed by atoms with van der Waals surface area (Å²) in [5.74, 6) is -2.13. The molecule has 7 nitrogen and oxygen atoms in total. The van der Waals surface area contributed by atoms with Crippen molar-refractivity contribution in [3.05, 3.63) is 94.8 Å². The lowest BCUT2D eigenvalue weighted by molar-refractivity contribution is -0.129. The number of amidine groups is 1. The van der Waals surface area contributed by atoms with Crippen molar-refractivity contribution in [1.82, 2.24) is 4.90 Å². The van der Waals surface area contributed by atoms with Crippen molar-refractivity contribution in [2.45, 2.75) is 18.1 Å². The van der Waals surface area contributed by atoms with Crippen molar-refractivity contribution in [2.24, 2.45) is 4.99 Å². The van der Waals surface area contributed by atoms with Crippen LogP contribution in [0.25, 0.3) is 0 Å². The minimum Gasteiger partial charge on any atom is -0.478 e. The first-order valence-corrected chi connectivity index (χ1v) is 12.2. The monoisotopic (exact) mass is 525 g/mol. The summed E-state index contributed by atoms with van der Waals surface area (Å²) >= 11 is 7.11. The number of aromatic carboxylic acids is 1. The van der Waals surface area contributed by atoms with E-state index in [9.17, 15) is 18.8 Å². The lowest BCUT2D eigenvalue weighted by Gasteiger charge is -2.32. The third-order valence-electron chi connectivity index (χ3n) is 5.42. The van der Waals surface area contributed by atoms with Crippen molar-refractivity contribution in [3.8, 4) is 0 Å². The van der Waals surface area contributed by atoms with Gasteiger partial charge in [0.1, 0.15) is 11.1 Å². The molecule has 0 aliphatic carbocycles. The average Bonchev–Trinajstić information content (AvgIpc) is 2.86. The van der Waals surface area contributed by atoms with Gasteiger partial charge in [-0.1, -0.05) is 35.5 Å². The van der Waals surface area contributed by atoms with Gasteiger partial charge < -0.3 is 10.4 Å². The molecule has 3 aromatic rings. The first-order chi connectivity index (χ1) is 17.3. The van der Waals surface area contributed by atoms with E-state index in [1.54, 1.807) is 12.1 Å². The Hall–Kier alpha value is -3.69. The highest BCUT2D eigenvalue weighted by atomic mass is 35.5. The van der Waals surface area contributed by atoms with Gasteiger partial charge in [-0.25, -0.2) is 14.2 Å². The molecule has 1 unspecified atom stereocenters. The van der Waals surface area contributed by atoms with Crippen LogP contribution in [0.3, 0.4) is 0 Å². The number of halogens is 2. The predicted octanol–water partition coefficient (Wildman–Crippen LogP) is 5.38. The highest BCUT2D eigenvalue weighted by Gasteiger charge is 2.35. The Morgan fingerprint density at radius 2 is 1.72 bits per heavy atom. The Bertz CT molecular complexity index is 1300. The Morgan fingerprint density at radius 1 is 1.06 bits per heavy atom. The summed E-state index contributed by atoms with van der Waals surface area (Å²) in [7, 11) is 0. The van der Waals surface area contributed by atoms with Crippen molar-refractivity contribution in [2.75, 3.05) is 11.9 Å². The smallest absolute Gasteiger partial charge is 0.335 e. The van der Waals surface area contributed by atoms with Crippen LogP contribution >= 0.6 is 23.4 Å². The number of benzene rings is 3. The number of carboxylic acid groups (broad SMARTS) is 1. The Labute approximate surface area is 216 Å². The first-order valence-electron chi connectivity index (χ1n) is 11.0. The van der Waals surface area contributed by atoms with Gasteiger partial charge >= 0.3 is 5.97 Å². The van der Waals surface area contributed by atoms with Gasteiger partial charge in [-0.2, -0.15) is 0 Å². The number of hydrogen-bond acceptors (Lipinski definition) is 5. The molecule has 3 aromatic carbocycles. The third kappa shape index (κ3) is 6.50. The number of nitrogens with zero attached hydrogens (tertiary/aromatic N) is 2. The summed E-state index contributed by atoms with van der Waals surface area (Å²) in [5, 5.41) is 12.0. The van der Waals surface area contributed by atoms with Crippen molar-refractivity contribution >= 4 is 57.7 Å². The fourth-order valence-corrected chi connectivity index (χ4v) is 4.75. The number of aliphatic imine (C=N–C) groups is 1. The van der Waals surface area contributed by atoms with Crippen LogP contribution < -0.4 is 5.32 Å². The lowest BCUT2D eigenvalue weighted by Crippen LogP contribution is -2.46. The fraction of sp³-hybridized carbons (Fsp3) is 0.154. The van der Waals surface area contributed by atoms with E-state index in [0.717, 1.165) is 17.3 Å². The summed E-state index contributed by atoms with van der Waals surface area (Å²) in [5.41, 5.74) is 1.96. The normalized spacial score (nSPS) is 16.7. The van der Waals surface area contributed by atoms with Gasteiger partial charge in [0.2, 0.25) is 11.8 Å². The van der Waals surface area contributed by atoms with Crippen molar-refractivity contribution in [1.29, 1.82) is 0 Å². The van der Waals surface area contributed by atoms with Crippen LogP contribution in [0.5, 0.6) is 0 Å². The Kier molecular flexibility index (Phi) is 8.02. The van der Waals surface area contributed by atoms with E-state index in [1.807, 2.05) is 12.1 Å². The van der Waals surface area contributed by atoms with Gasteiger partial charge in [0.15, 0.2) is 5.17 Å². The fourth-order valence-electron chi connectivity index (χ4n) is 3.50. The van der Waals surface area contributed by atoms with E-state index in [-0.39, 0.29) is 17.9 Å². The van der Waals surface area contributed by atoms with E-state index >= 15 is 0 Å². The molecule has 1 fully saturated rings. The zero-order valence-electron chi connectivity index (χ0n) is 18.9. The van der Waals surface area contributed by atoms with E-state index in [4.69, 9.17) is 16.7 Å². The number of rotatable bonds is 7. The van der Waals surface area contributed by atoms with E-state index in [2.05, 4.69) is 10.3 Å². The molecule has 1 saturated heterocycles. The molecule has 36 heavy (non-hydrogen) atoms. The molecule has 2 N–H and O–H groups in total. The van der Waals surface area contributed by atoms with Crippen LogP contribution in [-0.4, -0.2) is 44.8 Å². The molecular formula is C26H21ClFN3O4S.